The minimum Gasteiger partial charge on any atom is -0.306 e. The molecular formula is C24H29N3O. The topological polar surface area (TPSA) is 37.6 Å². The molecule has 1 aliphatic heterocycles. The molecule has 0 unspecified atom stereocenters. The molecule has 0 atom stereocenters. The Morgan fingerprint density at radius 1 is 1.00 bits per heavy atom. The van der Waals surface area contributed by atoms with Gasteiger partial charge >= 0.3 is 0 Å². The minimum absolute atomic E-state index is 0.0446. The van der Waals surface area contributed by atoms with Gasteiger partial charge in [-0.05, 0) is 44.6 Å². The van der Waals surface area contributed by atoms with Crippen molar-refractivity contribution in [2.75, 3.05) is 19.6 Å². The molecule has 1 aromatic rings. The number of likely N-dealkylation sites (N-methyl/N-ethyl adjacent to an activating group) is 1. The van der Waals surface area contributed by atoms with Gasteiger partial charge in [0.25, 0.3) is 5.56 Å². The Morgan fingerprint density at radius 2 is 1.68 bits per heavy atom. The molecule has 4 heteroatoms. The van der Waals surface area contributed by atoms with Crippen molar-refractivity contribution >= 4 is 11.4 Å². The Hall–Kier alpha value is -2.72. The Bertz CT molecular complexity index is 999. The zero-order chi connectivity index (χ0) is 20.1. The maximum Gasteiger partial charge on any atom is 0.260 e. The molecule has 0 fully saturated rings. The summed E-state index contributed by atoms with van der Waals surface area (Å²) < 4.78 is 1.90. The SMILES string of the molecule is CCN(CC)CCn1c2cccccc-2c(C(C)=Nc2ccccc2C)c1=O. The highest BCUT2D eigenvalue weighted by Gasteiger charge is 2.21. The molecule has 0 aromatic heterocycles. The van der Waals surface area contributed by atoms with Crippen LogP contribution in [0, 0.1) is 6.92 Å². The van der Waals surface area contributed by atoms with E-state index in [1.165, 1.54) is 0 Å². The van der Waals surface area contributed by atoms with Gasteiger partial charge < -0.3 is 9.47 Å². The van der Waals surface area contributed by atoms with Crippen molar-refractivity contribution in [3.63, 3.8) is 0 Å². The van der Waals surface area contributed by atoms with E-state index in [1.807, 2.05) is 73.0 Å². The highest BCUT2D eigenvalue weighted by molar-refractivity contribution is 6.05. The molecule has 0 N–H and O–H groups in total. The molecule has 0 saturated carbocycles. The number of benzene rings is 1. The van der Waals surface area contributed by atoms with Crippen molar-refractivity contribution in [2.24, 2.45) is 4.99 Å². The molecule has 28 heavy (non-hydrogen) atoms. The average Bonchev–Trinajstić information content (AvgIpc) is 2.83. The number of aryl methyl sites for hydroxylation is 1. The molecule has 1 aliphatic carbocycles. The van der Waals surface area contributed by atoms with Crippen LogP contribution in [0.4, 0.5) is 5.69 Å². The summed E-state index contributed by atoms with van der Waals surface area (Å²) in [4.78, 5) is 20.5. The maximum atomic E-state index is 13.4. The van der Waals surface area contributed by atoms with Crippen molar-refractivity contribution < 1.29 is 0 Å². The summed E-state index contributed by atoms with van der Waals surface area (Å²) in [5.41, 5.74) is 5.45. The first-order valence-electron chi connectivity index (χ1n) is 10.0. The quantitative estimate of drug-likeness (QED) is 0.559. The first-order chi connectivity index (χ1) is 13.6. The van der Waals surface area contributed by atoms with Crippen molar-refractivity contribution in [3.8, 4) is 11.3 Å². The fourth-order valence-corrected chi connectivity index (χ4v) is 3.62. The average molecular weight is 376 g/mol. The number of aliphatic imine (C=N–C) groups is 1. The van der Waals surface area contributed by atoms with E-state index in [0.29, 0.717) is 12.1 Å². The lowest BCUT2D eigenvalue weighted by Crippen LogP contribution is -2.30. The van der Waals surface area contributed by atoms with E-state index in [0.717, 1.165) is 47.9 Å². The van der Waals surface area contributed by atoms with Crippen LogP contribution < -0.4 is 5.56 Å². The van der Waals surface area contributed by atoms with E-state index < -0.39 is 0 Å². The summed E-state index contributed by atoms with van der Waals surface area (Å²) in [7, 11) is 0. The Balaban J connectivity index is 2.09. The predicted molar refractivity (Wildman–Crippen MR) is 118 cm³/mol. The molecule has 0 radical (unpaired) electrons. The van der Waals surface area contributed by atoms with Crippen LogP contribution in [0.3, 0.4) is 0 Å². The second kappa shape index (κ2) is 8.98. The van der Waals surface area contributed by atoms with E-state index in [1.54, 1.807) is 0 Å². The molecule has 0 amide bonds. The van der Waals surface area contributed by atoms with E-state index in [-0.39, 0.29) is 5.56 Å². The van der Waals surface area contributed by atoms with Crippen LogP contribution >= 0.6 is 0 Å². The Kier molecular flexibility index (Phi) is 6.42. The van der Waals surface area contributed by atoms with Crippen molar-refractivity contribution in [2.45, 2.75) is 34.2 Å². The van der Waals surface area contributed by atoms with Gasteiger partial charge in [0.2, 0.25) is 0 Å². The van der Waals surface area contributed by atoms with Gasteiger partial charge in [-0.25, -0.2) is 0 Å². The summed E-state index contributed by atoms with van der Waals surface area (Å²) in [6.45, 7) is 11.8. The van der Waals surface area contributed by atoms with E-state index in [4.69, 9.17) is 4.99 Å². The van der Waals surface area contributed by atoms with Crippen molar-refractivity contribution in [3.05, 3.63) is 76.1 Å². The summed E-state index contributed by atoms with van der Waals surface area (Å²) in [5, 5.41) is 0. The third-order valence-corrected chi connectivity index (χ3v) is 5.33. The predicted octanol–water partition coefficient (Wildman–Crippen LogP) is 4.74. The lowest BCUT2D eigenvalue weighted by atomic mass is 10.1. The van der Waals surface area contributed by atoms with Gasteiger partial charge in [-0.1, -0.05) is 56.3 Å². The second-order valence-electron chi connectivity index (χ2n) is 7.05. The van der Waals surface area contributed by atoms with Gasteiger partial charge in [0.05, 0.1) is 22.7 Å². The molecule has 0 saturated heterocycles. The molecule has 0 bridgehead atoms. The molecule has 0 spiro atoms. The molecule has 1 aromatic carbocycles. The molecule has 1 heterocycles. The Morgan fingerprint density at radius 3 is 2.39 bits per heavy atom. The molecule has 146 valence electrons. The minimum atomic E-state index is 0.0446. The number of aromatic nitrogens is 1. The van der Waals surface area contributed by atoms with Crippen LogP contribution in [0.25, 0.3) is 11.3 Å². The second-order valence-corrected chi connectivity index (χ2v) is 7.05. The third-order valence-electron chi connectivity index (χ3n) is 5.33. The highest BCUT2D eigenvalue weighted by atomic mass is 16.1. The fourth-order valence-electron chi connectivity index (χ4n) is 3.62. The van der Waals surface area contributed by atoms with E-state index in [2.05, 4.69) is 18.7 Å². The van der Waals surface area contributed by atoms with Crippen molar-refractivity contribution in [1.82, 2.24) is 9.47 Å². The normalized spacial score (nSPS) is 12.1. The monoisotopic (exact) mass is 375 g/mol. The molecule has 3 rings (SSSR count). The van der Waals surface area contributed by atoms with E-state index >= 15 is 0 Å². The number of hydrogen-bond acceptors (Lipinski definition) is 3. The Labute approximate surface area is 167 Å². The van der Waals surface area contributed by atoms with Gasteiger partial charge in [0.1, 0.15) is 0 Å². The van der Waals surface area contributed by atoms with E-state index in [9.17, 15) is 4.79 Å². The van der Waals surface area contributed by atoms with Crippen LogP contribution in [0.1, 0.15) is 31.9 Å². The fraction of sp³-hybridized carbons (Fsp3) is 0.333. The standard InChI is InChI=1S/C24H29N3O/c1-5-26(6-2)16-17-27-22-15-9-7-8-13-20(22)23(24(27)28)19(4)25-21-14-11-10-12-18(21)3/h7-15H,5-6,16-17H2,1-4H3. The lowest BCUT2D eigenvalue weighted by molar-refractivity contribution is 0.290. The van der Waals surface area contributed by atoms with Gasteiger partial charge in [0.15, 0.2) is 0 Å². The van der Waals surface area contributed by atoms with Crippen LogP contribution in [0.5, 0.6) is 0 Å². The van der Waals surface area contributed by atoms with Crippen LogP contribution in [0.15, 0.2) is 64.4 Å². The first kappa shape index (κ1) is 20.0. The molecular weight excluding hydrogens is 346 g/mol. The molecule has 4 nitrogen and oxygen atoms in total. The van der Waals surface area contributed by atoms with Crippen LogP contribution in [0.2, 0.25) is 0 Å². The van der Waals surface area contributed by atoms with Gasteiger partial charge in [-0.2, -0.15) is 0 Å². The number of nitrogens with zero attached hydrogens (tertiary/aromatic N) is 3. The van der Waals surface area contributed by atoms with Crippen molar-refractivity contribution in [1.29, 1.82) is 0 Å². The summed E-state index contributed by atoms with van der Waals surface area (Å²) >= 11 is 0. The number of rotatable bonds is 7. The zero-order valence-electron chi connectivity index (χ0n) is 17.3. The lowest BCUT2D eigenvalue weighted by Gasteiger charge is -2.18. The largest absolute Gasteiger partial charge is 0.306 e. The van der Waals surface area contributed by atoms with Gasteiger partial charge in [0, 0.05) is 18.7 Å². The molecule has 2 aliphatic rings. The number of hydrogen-bond donors (Lipinski definition) is 0. The smallest absolute Gasteiger partial charge is 0.260 e. The highest BCUT2D eigenvalue weighted by Crippen LogP contribution is 2.26. The maximum absolute atomic E-state index is 13.4. The number of para-hydroxylation sites is 1. The summed E-state index contributed by atoms with van der Waals surface area (Å²) in [6, 6.07) is 18.0. The number of fused-ring (bicyclic) bond motifs is 1. The van der Waals surface area contributed by atoms with Gasteiger partial charge in [-0.15, -0.1) is 0 Å². The van der Waals surface area contributed by atoms with Crippen LogP contribution in [-0.2, 0) is 6.54 Å². The zero-order valence-corrected chi connectivity index (χ0v) is 17.3. The van der Waals surface area contributed by atoms with Crippen LogP contribution in [-0.4, -0.2) is 34.8 Å². The summed E-state index contributed by atoms with van der Waals surface area (Å²) in [5.74, 6) is 0. The van der Waals surface area contributed by atoms with Gasteiger partial charge in [-0.3, -0.25) is 9.79 Å². The first-order valence-corrected chi connectivity index (χ1v) is 10.0. The summed E-state index contributed by atoms with van der Waals surface area (Å²) in [6.07, 6.45) is 0. The third kappa shape index (κ3) is 4.07.